The van der Waals surface area contributed by atoms with Gasteiger partial charge in [-0.2, -0.15) is 5.10 Å². The lowest BCUT2D eigenvalue weighted by molar-refractivity contribution is 0.0923. The molecule has 0 saturated carbocycles. The number of aryl methyl sites for hydroxylation is 2. The lowest BCUT2D eigenvalue weighted by Gasteiger charge is -2.16. The number of benzene rings is 3. The van der Waals surface area contributed by atoms with Gasteiger partial charge in [-0.05, 0) is 109 Å². The van der Waals surface area contributed by atoms with Crippen LogP contribution in [0.4, 0.5) is 0 Å². The minimum absolute atomic E-state index is 0.0951. The zero-order valence-electron chi connectivity index (χ0n) is 24.8. The molecule has 0 spiro atoms. The fourth-order valence-corrected chi connectivity index (χ4v) is 5.33. The maximum atomic E-state index is 12.7. The van der Waals surface area contributed by atoms with Crippen molar-refractivity contribution in [2.24, 2.45) is 5.10 Å². The van der Waals surface area contributed by atoms with Gasteiger partial charge in [-0.3, -0.25) is 4.79 Å². The van der Waals surface area contributed by atoms with E-state index in [1.807, 2.05) is 43.3 Å². The predicted octanol–water partition coefficient (Wildman–Crippen LogP) is 9.08. The molecule has 0 unspecified atom stereocenters. The normalized spacial score (nSPS) is 11.2. The second-order valence-corrected chi connectivity index (χ2v) is 11.6. The molecule has 11 heteroatoms. The summed E-state index contributed by atoms with van der Waals surface area (Å²) in [5.41, 5.74) is 7.34. The molecule has 8 nitrogen and oxygen atoms in total. The first kappa shape index (κ1) is 32.2. The minimum atomic E-state index is -0.519. The van der Waals surface area contributed by atoms with Gasteiger partial charge >= 0.3 is 5.91 Å². The number of amides is 1. The summed E-state index contributed by atoms with van der Waals surface area (Å²) in [6, 6.07) is 24.3. The van der Waals surface area contributed by atoms with Gasteiger partial charge in [0, 0.05) is 32.1 Å². The summed E-state index contributed by atoms with van der Waals surface area (Å²) < 4.78 is 26.0. The molecule has 5 rings (SSSR count). The summed E-state index contributed by atoms with van der Waals surface area (Å²) in [5, 5.41) is 5.03. The van der Waals surface area contributed by atoms with Crippen LogP contribution < -0.4 is 19.6 Å². The first-order valence-corrected chi connectivity index (χ1v) is 15.6. The maximum absolute atomic E-state index is 12.7. The third kappa shape index (κ3) is 7.92. The summed E-state index contributed by atoms with van der Waals surface area (Å²) in [6.07, 6.45) is 1.45. The van der Waals surface area contributed by atoms with E-state index in [0.717, 1.165) is 22.6 Å². The molecular weight excluding hydrogens is 681 g/mol. The molecule has 0 bridgehead atoms. The van der Waals surface area contributed by atoms with Crippen molar-refractivity contribution in [2.45, 2.75) is 34.0 Å². The number of carbonyl (C=O) groups excluding carboxylic acids is 1. The van der Waals surface area contributed by atoms with Gasteiger partial charge in [0.2, 0.25) is 0 Å². The highest BCUT2D eigenvalue weighted by Crippen LogP contribution is 2.42. The van der Waals surface area contributed by atoms with Crippen molar-refractivity contribution >= 4 is 51.3 Å². The summed E-state index contributed by atoms with van der Waals surface area (Å²) in [6.45, 7) is 6.82. The van der Waals surface area contributed by atoms with Gasteiger partial charge in [0.25, 0.3) is 0 Å². The summed E-state index contributed by atoms with van der Waals surface area (Å²) in [5.74, 6) is 1.58. The molecule has 45 heavy (non-hydrogen) atoms. The summed E-state index contributed by atoms with van der Waals surface area (Å²) >= 11 is 16.1. The number of furan rings is 1. The van der Waals surface area contributed by atoms with Crippen LogP contribution in [0.25, 0.3) is 5.69 Å². The second-order valence-electron chi connectivity index (χ2n) is 9.97. The van der Waals surface area contributed by atoms with E-state index in [2.05, 4.69) is 57.0 Å². The molecule has 0 radical (unpaired) electrons. The van der Waals surface area contributed by atoms with Crippen LogP contribution >= 0.6 is 39.1 Å². The van der Waals surface area contributed by atoms with Crippen LogP contribution in [0, 0.1) is 13.8 Å². The van der Waals surface area contributed by atoms with Crippen molar-refractivity contribution in [1.82, 2.24) is 9.99 Å². The zero-order chi connectivity index (χ0) is 31.9. The van der Waals surface area contributed by atoms with Crippen LogP contribution in [0.3, 0.4) is 0 Å². The van der Waals surface area contributed by atoms with E-state index in [1.165, 1.54) is 6.21 Å². The van der Waals surface area contributed by atoms with Crippen molar-refractivity contribution in [1.29, 1.82) is 0 Å². The molecule has 1 N–H and O–H groups in total. The molecule has 2 aromatic heterocycles. The lowest BCUT2D eigenvalue weighted by atomic mass is 10.2. The van der Waals surface area contributed by atoms with Gasteiger partial charge in [-0.15, -0.1) is 0 Å². The number of nitrogens with zero attached hydrogens (tertiary/aromatic N) is 2. The number of halogens is 3. The van der Waals surface area contributed by atoms with E-state index in [1.54, 1.807) is 30.3 Å². The van der Waals surface area contributed by atoms with Crippen LogP contribution in [0.15, 0.2) is 92.9 Å². The van der Waals surface area contributed by atoms with Gasteiger partial charge in [-0.1, -0.05) is 35.3 Å². The fourth-order valence-electron chi connectivity index (χ4n) is 4.55. The Kier molecular flexibility index (Phi) is 10.5. The smallest absolute Gasteiger partial charge is 0.307 e. The topological polar surface area (TPSA) is 87.2 Å². The van der Waals surface area contributed by atoms with Crippen molar-refractivity contribution in [2.75, 3.05) is 6.61 Å². The largest absolute Gasteiger partial charge is 0.490 e. The Hall–Kier alpha value is -4.18. The van der Waals surface area contributed by atoms with Gasteiger partial charge in [0.15, 0.2) is 17.3 Å². The van der Waals surface area contributed by atoms with Gasteiger partial charge in [0.05, 0.1) is 12.8 Å². The molecule has 3 aromatic carbocycles. The second kappa shape index (κ2) is 14.7. The van der Waals surface area contributed by atoms with Crippen LogP contribution in [0.5, 0.6) is 17.2 Å². The number of nitrogens with one attached hydrogen (secondary N) is 1. The molecule has 0 fully saturated rings. The average Bonchev–Trinajstić information content (AvgIpc) is 3.65. The minimum Gasteiger partial charge on any atom is -0.490 e. The number of hydrogen-bond acceptors (Lipinski definition) is 6. The summed E-state index contributed by atoms with van der Waals surface area (Å²) in [4.78, 5) is 12.7. The highest BCUT2D eigenvalue weighted by Gasteiger charge is 2.18. The fraction of sp³-hybridized carbons (Fsp3) is 0.176. The first-order chi connectivity index (χ1) is 21.7. The Labute approximate surface area is 279 Å². The molecule has 2 heterocycles. The van der Waals surface area contributed by atoms with Gasteiger partial charge < -0.3 is 23.2 Å². The Morgan fingerprint density at radius 2 is 1.64 bits per heavy atom. The van der Waals surface area contributed by atoms with Crippen LogP contribution in [-0.2, 0) is 13.2 Å². The highest BCUT2D eigenvalue weighted by molar-refractivity contribution is 9.10. The van der Waals surface area contributed by atoms with E-state index in [-0.39, 0.29) is 19.0 Å². The van der Waals surface area contributed by atoms with E-state index in [9.17, 15) is 4.79 Å². The van der Waals surface area contributed by atoms with Gasteiger partial charge in [0.1, 0.15) is 29.7 Å². The summed E-state index contributed by atoms with van der Waals surface area (Å²) in [7, 11) is 0. The molecule has 0 aliphatic rings. The van der Waals surface area contributed by atoms with Crippen molar-refractivity contribution in [3.05, 3.63) is 127 Å². The van der Waals surface area contributed by atoms with E-state index < -0.39 is 5.91 Å². The standard InChI is InChI=1S/C34H30BrCl2N3O5/c1-4-42-30-17-24(31(35)32(37)33(30)44-19-23-7-9-25(36)10-8-23)18-38-39-34(41)29-16-15-28(45-29)20-43-27-13-11-26(12-14-27)40-21(2)5-6-22(40)3/h5-18H,4,19-20H2,1-3H3,(H,39,41)/b38-18+. The van der Waals surface area contributed by atoms with E-state index in [4.69, 9.17) is 41.8 Å². The van der Waals surface area contributed by atoms with Crippen LogP contribution in [0.2, 0.25) is 10.0 Å². The molecule has 0 aliphatic heterocycles. The van der Waals surface area contributed by atoms with Gasteiger partial charge in [-0.25, -0.2) is 5.43 Å². The molecule has 232 valence electrons. The average molecular weight is 711 g/mol. The van der Waals surface area contributed by atoms with Crippen molar-refractivity contribution in [3.63, 3.8) is 0 Å². The zero-order valence-corrected chi connectivity index (χ0v) is 27.9. The monoisotopic (exact) mass is 709 g/mol. The number of aromatic nitrogens is 1. The Balaban J connectivity index is 1.18. The van der Waals surface area contributed by atoms with E-state index in [0.29, 0.717) is 49.7 Å². The Bertz CT molecular complexity index is 1800. The Morgan fingerprint density at radius 3 is 2.33 bits per heavy atom. The first-order valence-electron chi connectivity index (χ1n) is 14.1. The Morgan fingerprint density at radius 1 is 0.933 bits per heavy atom. The van der Waals surface area contributed by atoms with Crippen molar-refractivity contribution < 1.29 is 23.4 Å². The molecule has 0 aliphatic carbocycles. The number of ether oxygens (including phenoxy) is 3. The highest BCUT2D eigenvalue weighted by atomic mass is 79.9. The third-order valence-electron chi connectivity index (χ3n) is 6.75. The van der Waals surface area contributed by atoms with Crippen molar-refractivity contribution in [3.8, 4) is 22.9 Å². The molecule has 1 amide bonds. The number of hydrogen-bond donors (Lipinski definition) is 1. The molecule has 0 saturated heterocycles. The quantitative estimate of drug-likeness (QED) is 0.103. The lowest BCUT2D eigenvalue weighted by Crippen LogP contribution is -2.16. The number of carbonyl (C=O) groups is 1. The third-order valence-corrected chi connectivity index (χ3v) is 8.45. The molecule has 0 atom stereocenters. The molecular formula is C34H30BrCl2N3O5. The SMILES string of the molecule is CCOc1cc(/C=N/NC(=O)c2ccc(COc3ccc(-n4c(C)ccc4C)cc3)o2)c(Br)c(Cl)c1OCc1ccc(Cl)cc1. The number of rotatable bonds is 12. The van der Waals surface area contributed by atoms with Crippen LogP contribution in [0.1, 0.15) is 45.8 Å². The van der Waals surface area contributed by atoms with E-state index >= 15 is 0 Å². The van der Waals surface area contributed by atoms with Crippen LogP contribution in [-0.4, -0.2) is 23.3 Å². The molecule has 5 aromatic rings. The predicted molar refractivity (Wildman–Crippen MR) is 179 cm³/mol. The maximum Gasteiger partial charge on any atom is 0.307 e. The number of hydrazone groups is 1.